The van der Waals surface area contributed by atoms with Gasteiger partial charge in [-0.25, -0.2) is 0 Å². The Hall–Kier alpha value is -1.59. The largest absolute Gasteiger partial charge is 0.459 e. The number of hydrogen-bond donors (Lipinski definition) is 5. The lowest BCUT2D eigenvalue weighted by Crippen LogP contribution is -2.60. The molecule has 3 saturated heterocycles. The van der Waals surface area contributed by atoms with Crippen molar-refractivity contribution in [3.05, 3.63) is 0 Å². The van der Waals surface area contributed by atoms with Crippen molar-refractivity contribution in [1.82, 2.24) is 0 Å². The normalized spacial score (nSPS) is 49.7. The number of carbonyl (C=O) groups excluding carboxylic acids is 3. The Morgan fingerprint density at radius 2 is 1.47 bits per heavy atom. The Bertz CT molecular complexity index is 1160. The lowest BCUT2D eigenvalue weighted by Gasteiger charge is -2.48. The summed E-state index contributed by atoms with van der Waals surface area (Å²) in [6, 6.07) is 0. The van der Waals surface area contributed by atoms with E-state index in [0.717, 1.165) is 0 Å². The van der Waals surface area contributed by atoms with E-state index in [2.05, 4.69) is 0 Å². The highest BCUT2D eigenvalue weighted by Crippen LogP contribution is 2.40. The molecule has 49 heavy (non-hydrogen) atoms. The molecule has 0 amide bonds. The van der Waals surface area contributed by atoms with Gasteiger partial charge >= 0.3 is 5.97 Å². The molecular weight excluding hydrogens is 644 g/mol. The maximum Gasteiger partial charge on any atom is 0.311 e. The summed E-state index contributed by atoms with van der Waals surface area (Å²) in [6.07, 6.45) is -11.9. The molecule has 3 aliphatic rings. The van der Waals surface area contributed by atoms with Gasteiger partial charge in [-0.15, -0.1) is 0 Å². The number of cyclic esters (lactones) is 1. The van der Waals surface area contributed by atoms with Gasteiger partial charge in [-0.05, 0) is 54.4 Å². The average Bonchev–Trinajstić information content (AvgIpc) is 3.02. The van der Waals surface area contributed by atoms with Crippen LogP contribution < -0.4 is 0 Å². The van der Waals surface area contributed by atoms with Gasteiger partial charge in [0.05, 0.1) is 47.6 Å². The van der Waals surface area contributed by atoms with Gasteiger partial charge in [-0.2, -0.15) is 0 Å². The van der Waals surface area contributed by atoms with Crippen LogP contribution in [-0.2, 0) is 42.8 Å². The van der Waals surface area contributed by atoms with Crippen LogP contribution in [0, 0.1) is 23.7 Å². The molecule has 284 valence electrons. The fraction of sp³-hybridized carbons (Fsp3) is 0.914. The summed E-state index contributed by atoms with van der Waals surface area (Å²) in [7, 11) is 1.45. The van der Waals surface area contributed by atoms with E-state index in [4.69, 9.17) is 28.4 Å². The van der Waals surface area contributed by atoms with Crippen molar-refractivity contribution in [3.8, 4) is 0 Å². The van der Waals surface area contributed by atoms with Crippen LogP contribution >= 0.6 is 0 Å². The van der Waals surface area contributed by atoms with E-state index in [1.54, 1.807) is 48.5 Å². The van der Waals surface area contributed by atoms with Gasteiger partial charge in [-0.1, -0.05) is 27.7 Å². The second-order valence-corrected chi connectivity index (χ2v) is 15.3. The van der Waals surface area contributed by atoms with Crippen molar-refractivity contribution in [2.24, 2.45) is 23.7 Å². The molecule has 3 heterocycles. The molecule has 17 atom stereocenters. The highest BCUT2D eigenvalue weighted by atomic mass is 16.7. The van der Waals surface area contributed by atoms with E-state index in [0.29, 0.717) is 0 Å². The van der Waals surface area contributed by atoms with Crippen LogP contribution in [0.15, 0.2) is 0 Å². The number of Topliss-reactive ketones (excluding diaryl/α,β-unsaturated/α-hetero) is 2. The zero-order valence-electron chi connectivity index (χ0n) is 30.8. The summed E-state index contributed by atoms with van der Waals surface area (Å²) in [5.41, 5.74) is -4.98. The van der Waals surface area contributed by atoms with E-state index in [1.807, 2.05) is 0 Å². The first-order valence-electron chi connectivity index (χ1n) is 17.4. The summed E-state index contributed by atoms with van der Waals surface area (Å²) in [5, 5.41) is 56.6. The molecule has 0 aromatic rings. The molecule has 0 aliphatic carbocycles. The van der Waals surface area contributed by atoms with E-state index in [1.165, 1.54) is 27.9 Å². The van der Waals surface area contributed by atoms with E-state index < -0.39 is 119 Å². The number of aliphatic hydroxyl groups excluding tert-OH is 3. The zero-order chi connectivity index (χ0) is 37.4. The predicted molar refractivity (Wildman–Crippen MR) is 174 cm³/mol. The molecule has 0 saturated carbocycles. The van der Waals surface area contributed by atoms with Gasteiger partial charge in [0.1, 0.15) is 23.6 Å². The Labute approximate surface area is 289 Å². The Morgan fingerprint density at radius 3 is 2.04 bits per heavy atom. The van der Waals surface area contributed by atoms with Crippen LogP contribution in [0.25, 0.3) is 0 Å². The van der Waals surface area contributed by atoms with Crippen LogP contribution in [0.4, 0.5) is 0 Å². The molecule has 14 nitrogen and oxygen atoms in total. The monoisotopic (exact) mass is 704 g/mol. The lowest BCUT2D eigenvalue weighted by atomic mass is 9.74. The number of aliphatic hydroxyl groups is 5. The first-order chi connectivity index (χ1) is 22.5. The number of esters is 1. The van der Waals surface area contributed by atoms with Gasteiger partial charge in [-0.3, -0.25) is 14.4 Å². The zero-order valence-corrected chi connectivity index (χ0v) is 30.8. The summed E-state index contributed by atoms with van der Waals surface area (Å²) in [4.78, 5) is 40.3. The average molecular weight is 705 g/mol. The third-order valence-corrected chi connectivity index (χ3v) is 11.0. The van der Waals surface area contributed by atoms with Crippen LogP contribution in [-0.4, -0.2) is 128 Å². The van der Waals surface area contributed by atoms with Crippen LogP contribution in [0.3, 0.4) is 0 Å². The number of hydrogen-bond acceptors (Lipinski definition) is 14. The minimum absolute atomic E-state index is 0.0400. The summed E-state index contributed by atoms with van der Waals surface area (Å²) in [5.74, 6) is -5.81. The van der Waals surface area contributed by atoms with Crippen molar-refractivity contribution in [1.29, 1.82) is 0 Å². The van der Waals surface area contributed by atoms with E-state index in [-0.39, 0.29) is 25.7 Å². The molecule has 3 fully saturated rings. The lowest BCUT2D eigenvalue weighted by molar-refractivity contribution is -0.311. The maximum atomic E-state index is 14.0. The molecule has 0 aromatic heterocycles. The van der Waals surface area contributed by atoms with Crippen LogP contribution in [0.2, 0.25) is 0 Å². The summed E-state index contributed by atoms with van der Waals surface area (Å²) < 4.78 is 36.2. The number of carbonyl (C=O) groups is 3. The quantitative estimate of drug-likeness (QED) is 0.248. The highest BCUT2D eigenvalue weighted by Gasteiger charge is 2.53. The molecule has 0 spiro atoms. The molecule has 0 radical (unpaired) electrons. The smallest absolute Gasteiger partial charge is 0.311 e. The second-order valence-electron chi connectivity index (χ2n) is 15.3. The van der Waals surface area contributed by atoms with Crippen molar-refractivity contribution in [2.45, 2.75) is 173 Å². The third-order valence-electron chi connectivity index (χ3n) is 11.0. The van der Waals surface area contributed by atoms with Crippen LogP contribution in [0.5, 0.6) is 0 Å². The maximum absolute atomic E-state index is 14.0. The molecule has 0 unspecified atom stereocenters. The summed E-state index contributed by atoms with van der Waals surface area (Å²) in [6.45, 7) is 15.7. The number of ketones is 2. The topological polar surface area (TPSA) is 208 Å². The van der Waals surface area contributed by atoms with Crippen molar-refractivity contribution in [3.63, 3.8) is 0 Å². The standard InChI is InChI=1S/C35H60O14/c1-12-23-35(10,43)28(39)18(4)25(37)16(2)14-33(8,42)30(49-32-26(38)22(36)13-17(3)45-32)19(5)27(20(6)31(41)47-23)48-24-15-34(9,44-11)29(40)21(7)46-24/h16-21,23-24,26-30,32,38-40,42-43H,12-15H2,1-11H3/t16-,17-,18+,19+,20-,21+,23-,24+,26-,27+,28-,29+,30-,32+,33-,34-,35-/m1/s1. The summed E-state index contributed by atoms with van der Waals surface area (Å²) >= 11 is 0. The first kappa shape index (κ1) is 41.8. The van der Waals surface area contributed by atoms with Gasteiger partial charge in [0.25, 0.3) is 0 Å². The van der Waals surface area contributed by atoms with Gasteiger partial charge in [0, 0.05) is 37.7 Å². The molecule has 0 bridgehead atoms. The van der Waals surface area contributed by atoms with Gasteiger partial charge in [0.2, 0.25) is 0 Å². The number of methoxy groups -OCH3 is 1. The first-order valence-corrected chi connectivity index (χ1v) is 17.4. The van der Waals surface area contributed by atoms with Gasteiger partial charge < -0.3 is 54.0 Å². The number of rotatable bonds is 6. The van der Waals surface area contributed by atoms with Crippen molar-refractivity contribution >= 4 is 17.5 Å². The fourth-order valence-corrected chi connectivity index (χ4v) is 7.77. The molecule has 3 aliphatic heterocycles. The van der Waals surface area contributed by atoms with E-state index >= 15 is 0 Å². The second kappa shape index (κ2) is 16.0. The Morgan fingerprint density at radius 1 is 0.857 bits per heavy atom. The minimum atomic E-state index is -2.02. The highest BCUT2D eigenvalue weighted by molar-refractivity contribution is 5.84. The van der Waals surface area contributed by atoms with Crippen molar-refractivity contribution < 1.29 is 68.3 Å². The Balaban J connectivity index is 2.17. The molecule has 5 N–H and O–H groups in total. The molecule has 14 heteroatoms. The van der Waals surface area contributed by atoms with Crippen molar-refractivity contribution in [2.75, 3.05) is 7.11 Å². The molecule has 3 rings (SSSR count). The van der Waals surface area contributed by atoms with Crippen LogP contribution in [0.1, 0.15) is 94.9 Å². The number of ether oxygens (including phenoxy) is 6. The minimum Gasteiger partial charge on any atom is -0.459 e. The predicted octanol–water partition coefficient (Wildman–Crippen LogP) is 1.42. The Kier molecular flexibility index (Phi) is 13.6. The van der Waals surface area contributed by atoms with E-state index in [9.17, 15) is 39.9 Å². The SMILES string of the molecule is CC[C@H]1OC(=O)[C@H](C)[C@@H](O[C@H]2C[C@@](C)(OC)[C@@H](O)[C@H](C)O2)[C@H](C)[C@@H](O[C@@H]2O[C@H](C)CC(=O)[C@H]2O)[C@](C)(O)C[C@@H](C)C(=O)[C@H](C)[C@@H](O)[C@]1(C)O. The third kappa shape index (κ3) is 8.90. The molecular formula is C35H60O14. The van der Waals surface area contributed by atoms with Gasteiger partial charge in [0.15, 0.2) is 24.5 Å². The fourth-order valence-electron chi connectivity index (χ4n) is 7.77. The molecule has 0 aromatic carbocycles.